The highest BCUT2D eigenvalue weighted by Gasteiger charge is 2.28. The molecule has 1 unspecified atom stereocenters. The molecule has 1 saturated heterocycles. The van der Waals surface area contributed by atoms with Gasteiger partial charge in [-0.05, 0) is 5.92 Å². The van der Waals surface area contributed by atoms with E-state index in [0.29, 0.717) is 18.3 Å². The van der Waals surface area contributed by atoms with E-state index in [4.69, 9.17) is 9.84 Å². The van der Waals surface area contributed by atoms with Gasteiger partial charge < -0.3 is 9.84 Å². The summed E-state index contributed by atoms with van der Waals surface area (Å²) in [5.41, 5.74) is 0. The van der Waals surface area contributed by atoms with Crippen LogP contribution in [0.15, 0.2) is 0 Å². The largest absolute Gasteiger partial charge is 0.480 e. The minimum atomic E-state index is -0.712. The van der Waals surface area contributed by atoms with E-state index in [-0.39, 0.29) is 6.04 Å². The molecule has 1 heterocycles. The second-order valence-electron chi connectivity index (χ2n) is 4.43. The molecule has 1 aliphatic heterocycles. The number of thioether (sulfide) groups is 1. The predicted octanol–water partition coefficient (Wildman–Crippen LogP) is 1.16. The number of nitrogens with zero attached hydrogens (tertiary/aromatic N) is 1. The number of hydrogen-bond acceptors (Lipinski definition) is 4. The number of hydrogen-bond donors (Lipinski definition) is 1. The monoisotopic (exact) mass is 247 g/mol. The molecular formula is C11H21NO3S. The molecule has 5 heteroatoms. The summed E-state index contributed by atoms with van der Waals surface area (Å²) in [6, 6.07) is -0.332. The average molecular weight is 247 g/mol. The molecule has 1 aliphatic rings. The van der Waals surface area contributed by atoms with E-state index in [0.717, 1.165) is 25.4 Å². The van der Waals surface area contributed by atoms with Crippen molar-refractivity contribution in [1.82, 2.24) is 4.90 Å². The van der Waals surface area contributed by atoms with Gasteiger partial charge in [0.2, 0.25) is 0 Å². The Bertz CT molecular complexity index is 223. The normalized spacial score (nSPS) is 22.6. The summed E-state index contributed by atoms with van der Waals surface area (Å²) in [4.78, 5) is 13.0. The van der Waals surface area contributed by atoms with Gasteiger partial charge in [0, 0.05) is 31.2 Å². The van der Waals surface area contributed by atoms with E-state index in [1.165, 1.54) is 0 Å². The zero-order valence-electron chi connectivity index (χ0n) is 10.0. The van der Waals surface area contributed by atoms with Crippen LogP contribution in [0.5, 0.6) is 0 Å². The smallest absolute Gasteiger partial charge is 0.321 e. The summed E-state index contributed by atoms with van der Waals surface area (Å²) in [7, 11) is 0. The number of rotatable bonds is 6. The van der Waals surface area contributed by atoms with Crippen molar-refractivity contribution in [2.24, 2.45) is 5.92 Å². The first-order chi connectivity index (χ1) is 7.61. The summed E-state index contributed by atoms with van der Waals surface area (Å²) in [6.45, 7) is 7.18. The fourth-order valence-corrected chi connectivity index (χ4v) is 2.74. The lowest BCUT2D eigenvalue weighted by atomic mass is 10.2. The van der Waals surface area contributed by atoms with Gasteiger partial charge in [-0.1, -0.05) is 13.8 Å². The lowest BCUT2D eigenvalue weighted by molar-refractivity contribution is -0.142. The average Bonchev–Trinajstić information content (AvgIpc) is 2.24. The zero-order chi connectivity index (χ0) is 12.0. The highest BCUT2D eigenvalue weighted by atomic mass is 32.2. The summed E-state index contributed by atoms with van der Waals surface area (Å²) >= 11 is 1.72. The maximum atomic E-state index is 11.0. The number of carbonyl (C=O) groups is 1. The van der Waals surface area contributed by atoms with Crippen LogP contribution in [0, 0.1) is 5.92 Å². The maximum absolute atomic E-state index is 11.0. The van der Waals surface area contributed by atoms with E-state index >= 15 is 0 Å². The topological polar surface area (TPSA) is 49.8 Å². The highest BCUT2D eigenvalue weighted by molar-refractivity contribution is 7.99. The number of carboxylic acids is 1. The third-order valence-electron chi connectivity index (χ3n) is 2.50. The molecule has 16 heavy (non-hydrogen) atoms. The minimum absolute atomic E-state index is 0.332. The van der Waals surface area contributed by atoms with Gasteiger partial charge in [-0.25, -0.2) is 0 Å². The van der Waals surface area contributed by atoms with Crippen molar-refractivity contribution in [2.45, 2.75) is 19.9 Å². The van der Waals surface area contributed by atoms with Gasteiger partial charge in [0.05, 0.1) is 6.61 Å². The maximum Gasteiger partial charge on any atom is 0.321 e. The lowest BCUT2D eigenvalue weighted by Crippen LogP contribution is -2.48. The Morgan fingerprint density at radius 2 is 2.38 bits per heavy atom. The molecule has 94 valence electrons. The second kappa shape index (κ2) is 7.14. The van der Waals surface area contributed by atoms with Gasteiger partial charge in [-0.3, -0.25) is 9.69 Å². The molecule has 0 radical (unpaired) electrons. The van der Waals surface area contributed by atoms with E-state index in [1.54, 1.807) is 11.8 Å². The SMILES string of the molecule is CC(C)COCCN1CCSCC1C(=O)O. The van der Waals surface area contributed by atoms with Crippen LogP contribution in [0.2, 0.25) is 0 Å². The summed E-state index contributed by atoms with van der Waals surface area (Å²) in [5.74, 6) is 1.54. The van der Waals surface area contributed by atoms with Gasteiger partial charge in [0.25, 0.3) is 0 Å². The van der Waals surface area contributed by atoms with Crippen molar-refractivity contribution >= 4 is 17.7 Å². The molecule has 0 aromatic carbocycles. The van der Waals surface area contributed by atoms with Crippen LogP contribution in [0.3, 0.4) is 0 Å². The van der Waals surface area contributed by atoms with Crippen LogP contribution in [0.25, 0.3) is 0 Å². The minimum Gasteiger partial charge on any atom is -0.480 e. The van der Waals surface area contributed by atoms with E-state index in [9.17, 15) is 4.79 Å². The molecule has 0 aromatic rings. The van der Waals surface area contributed by atoms with E-state index < -0.39 is 5.97 Å². The van der Waals surface area contributed by atoms with Crippen molar-refractivity contribution in [2.75, 3.05) is 37.8 Å². The molecule has 0 aromatic heterocycles. The molecule has 0 spiro atoms. The van der Waals surface area contributed by atoms with Crippen LogP contribution in [0.4, 0.5) is 0 Å². The van der Waals surface area contributed by atoms with Crippen molar-refractivity contribution in [3.63, 3.8) is 0 Å². The summed E-state index contributed by atoms with van der Waals surface area (Å²) < 4.78 is 5.48. The van der Waals surface area contributed by atoms with Crippen LogP contribution in [0.1, 0.15) is 13.8 Å². The van der Waals surface area contributed by atoms with Gasteiger partial charge in [0.1, 0.15) is 6.04 Å². The molecule has 0 aliphatic carbocycles. The molecule has 0 amide bonds. The third kappa shape index (κ3) is 4.72. The highest BCUT2D eigenvalue weighted by Crippen LogP contribution is 2.16. The van der Waals surface area contributed by atoms with E-state index in [1.807, 2.05) is 4.90 Å². The Kier molecular flexibility index (Phi) is 6.16. The first kappa shape index (κ1) is 13.8. The Morgan fingerprint density at radius 3 is 3.00 bits per heavy atom. The quantitative estimate of drug-likeness (QED) is 0.714. The second-order valence-corrected chi connectivity index (χ2v) is 5.58. The number of aliphatic carboxylic acids is 1. The third-order valence-corrected chi connectivity index (χ3v) is 3.52. The van der Waals surface area contributed by atoms with Crippen LogP contribution in [-0.4, -0.2) is 59.8 Å². The van der Waals surface area contributed by atoms with Crippen molar-refractivity contribution < 1.29 is 14.6 Å². The fraction of sp³-hybridized carbons (Fsp3) is 0.909. The summed E-state index contributed by atoms with van der Waals surface area (Å²) in [6.07, 6.45) is 0. The number of ether oxygens (including phenoxy) is 1. The van der Waals surface area contributed by atoms with Gasteiger partial charge >= 0.3 is 5.97 Å². The standard InChI is InChI=1S/C11H21NO3S/c1-9(2)7-15-5-3-12-4-6-16-8-10(12)11(13)14/h9-10H,3-8H2,1-2H3,(H,13,14). The lowest BCUT2D eigenvalue weighted by Gasteiger charge is -2.32. The molecule has 4 nitrogen and oxygen atoms in total. The number of carboxylic acid groups (broad SMARTS) is 1. The Labute approximate surface area is 101 Å². The van der Waals surface area contributed by atoms with Gasteiger partial charge in [-0.2, -0.15) is 11.8 Å². The summed E-state index contributed by atoms with van der Waals surface area (Å²) in [5, 5.41) is 9.06. The van der Waals surface area contributed by atoms with Gasteiger partial charge in [0.15, 0.2) is 0 Å². The molecule has 0 saturated carbocycles. The molecular weight excluding hydrogens is 226 g/mol. The van der Waals surface area contributed by atoms with Crippen LogP contribution in [-0.2, 0) is 9.53 Å². The van der Waals surface area contributed by atoms with Crippen molar-refractivity contribution in [1.29, 1.82) is 0 Å². The molecule has 0 bridgehead atoms. The molecule has 1 atom stereocenters. The first-order valence-corrected chi connectivity index (χ1v) is 6.89. The predicted molar refractivity (Wildman–Crippen MR) is 66.0 cm³/mol. The Morgan fingerprint density at radius 1 is 1.62 bits per heavy atom. The van der Waals surface area contributed by atoms with Crippen molar-refractivity contribution in [3.05, 3.63) is 0 Å². The molecule has 1 rings (SSSR count). The van der Waals surface area contributed by atoms with E-state index in [2.05, 4.69) is 13.8 Å². The van der Waals surface area contributed by atoms with Crippen LogP contribution < -0.4 is 0 Å². The fourth-order valence-electron chi connectivity index (χ4n) is 1.63. The first-order valence-electron chi connectivity index (χ1n) is 5.73. The zero-order valence-corrected chi connectivity index (χ0v) is 10.8. The van der Waals surface area contributed by atoms with Crippen LogP contribution >= 0.6 is 11.8 Å². The van der Waals surface area contributed by atoms with Gasteiger partial charge in [-0.15, -0.1) is 0 Å². The Balaban J connectivity index is 2.24. The Hall–Kier alpha value is -0.260. The molecule has 1 N–H and O–H groups in total. The molecule has 1 fully saturated rings. The van der Waals surface area contributed by atoms with Crippen molar-refractivity contribution in [3.8, 4) is 0 Å².